The van der Waals surface area contributed by atoms with Crippen LogP contribution < -0.4 is 4.74 Å². The summed E-state index contributed by atoms with van der Waals surface area (Å²) in [6.45, 7) is 10.1. The zero-order chi connectivity index (χ0) is 34.2. The van der Waals surface area contributed by atoms with Gasteiger partial charge in [0.05, 0.1) is 5.56 Å². The summed E-state index contributed by atoms with van der Waals surface area (Å²) in [5, 5.41) is 13.4. The topological polar surface area (TPSA) is 46.5 Å². The molecule has 0 heterocycles. The third kappa shape index (κ3) is 6.54. The van der Waals surface area contributed by atoms with Crippen molar-refractivity contribution in [2.45, 2.75) is 52.6 Å². The molecule has 0 saturated heterocycles. The molecular formula is C46H42O3. The number of aromatic carboxylic acids is 1. The second-order valence-electron chi connectivity index (χ2n) is 14.6. The number of carboxylic acid groups (broad SMARTS) is 1. The average molecular weight is 643 g/mol. The fourth-order valence-electron chi connectivity index (χ4n) is 7.61. The molecule has 0 amide bonds. The Bertz CT molecular complexity index is 2240. The van der Waals surface area contributed by atoms with Crippen LogP contribution in [0.4, 0.5) is 0 Å². The lowest BCUT2D eigenvalue weighted by molar-refractivity contribution is 0.0697. The average Bonchev–Trinajstić information content (AvgIpc) is 3.10. The van der Waals surface area contributed by atoms with E-state index in [0.717, 1.165) is 29.4 Å². The zero-order valence-corrected chi connectivity index (χ0v) is 28.7. The Labute approximate surface area is 289 Å². The fraction of sp³-hybridized carbons (Fsp3) is 0.196. The maximum Gasteiger partial charge on any atom is 0.335 e. The molecule has 0 unspecified atom stereocenters. The Morgan fingerprint density at radius 2 is 1.39 bits per heavy atom. The van der Waals surface area contributed by atoms with Gasteiger partial charge in [-0.1, -0.05) is 155 Å². The molecule has 2 aliphatic carbocycles. The molecule has 6 aromatic carbocycles. The van der Waals surface area contributed by atoms with E-state index in [1.807, 2.05) is 36.4 Å². The van der Waals surface area contributed by atoms with Crippen molar-refractivity contribution < 1.29 is 14.6 Å². The second kappa shape index (κ2) is 12.9. The first-order chi connectivity index (χ1) is 23.6. The van der Waals surface area contributed by atoms with Crippen LogP contribution >= 0.6 is 0 Å². The van der Waals surface area contributed by atoms with Crippen molar-refractivity contribution in [1.29, 1.82) is 0 Å². The summed E-state index contributed by atoms with van der Waals surface area (Å²) in [5.41, 5.74) is 10.1. The predicted molar refractivity (Wildman–Crippen MR) is 203 cm³/mol. The number of fused-ring (bicyclic) bond motifs is 5. The fourth-order valence-corrected chi connectivity index (χ4v) is 7.61. The summed E-state index contributed by atoms with van der Waals surface area (Å²) >= 11 is 0. The van der Waals surface area contributed by atoms with E-state index in [2.05, 4.69) is 119 Å². The third-order valence-corrected chi connectivity index (χ3v) is 9.83. The van der Waals surface area contributed by atoms with Crippen molar-refractivity contribution in [2.24, 2.45) is 5.41 Å². The lowest BCUT2D eigenvalue weighted by Crippen LogP contribution is -2.28. The Morgan fingerprint density at radius 1 is 0.714 bits per heavy atom. The van der Waals surface area contributed by atoms with Gasteiger partial charge in [0.25, 0.3) is 0 Å². The van der Waals surface area contributed by atoms with Gasteiger partial charge in [-0.3, -0.25) is 0 Å². The third-order valence-electron chi connectivity index (χ3n) is 9.83. The minimum atomic E-state index is -0.884. The van der Waals surface area contributed by atoms with Gasteiger partial charge in [-0.2, -0.15) is 0 Å². The summed E-state index contributed by atoms with van der Waals surface area (Å²) in [4.78, 5) is 10.6. The van der Waals surface area contributed by atoms with E-state index < -0.39 is 5.97 Å². The summed E-state index contributed by atoms with van der Waals surface area (Å²) in [6.07, 6.45) is 7.03. The van der Waals surface area contributed by atoms with Crippen LogP contribution in [0, 0.1) is 5.41 Å². The molecule has 0 fully saturated rings. The molecular weight excluding hydrogens is 601 g/mol. The minimum absolute atomic E-state index is 0.0648. The van der Waals surface area contributed by atoms with Crippen LogP contribution in [0.1, 0.15) is 67.6 Å². The van der Waals surface area contributed by atoms with Crippen LogP contribution in [0.3, 0.4) is 0 Å². The van der Waals surface area contributed by atoms with Crippen molar-refractivity contribution in [1.82, 2.24) is 0 Å². The Hall–Kier alpha value is -5.41. The Balaban J connectivity index is 0.000000244. The highest BCUT2D eigenvalue weighted by Crippen LogP contribution is 2.52. The van der Waals surface area contributed by atoms with E-state index in [9.17, 15) is 4.79 Å². The Kier molecular flexibility index (Phi) is 8.46. The van der Waals surface area contributed by atoms with Crippen LogP contribution in [-0.2, 0) is 12.0 Å². The number of ether oxygens (including phenoxy) is 1. The van der Waals surface area contributed by atoms with Gasteiger partial charge in [-0.25, -0.2) is 4.79 Å². The molecule has 3 heteroatoms. The van der Waals surface area contributed by atoms with E-state index in [-0.39, 0.29) is 10.8 Å². The van der Waals surface area contributed by atoms with Crippen molar-refractivity contribution in [3.05, 3.63) is 167 Å². The largest absolute Gasteiger partial charge is 0.488 e. The van der Waals surface area contributed by atoms with Gasteiger partial charge in [-0.05, 0) is 91.2 Å². The molecule has 0 bridgehead atoms. The van der Waals surface area contributed by atoms with Crippen molar-refractivity contribution in [3.8, 4) is 16.9 Å². The molecule has 3 nitrogen and oxygen atoms in total. The highest BCUT2D eigenvalue weighted by molar-refractivity contribution is 6.04. The SMILES string of the molecule is CC1(C)C=CC2=C(C1)CC(C)(C)c1c2ccc2c(-c3ccccc3)c(OCc3ccccc3)ccc12.O=C(O)c1ccc2ccccc2c1. The Morgan fingerprint density at radius 3 is 2.12 bits per heavy atom. The minimum Gasteiger partial charge on any atom is -0.488 e. The summed E-state index contributed by atoms with van der Waals surface area (Å²) in [6, 6.07) is 43.1. The number of rotatable bonds is 5. The van der Waals surface area contributed by atoms with Crippen LogP contribution in [-0.4, -0.2) is 11.1 Å². The van der Waals surface area contributed by atoms with Gasteiger partial charge < -0.3 is 9.84 Å². The van der Waals surface area contributed by atoms with Crippen molar-refractivity contribution in [2.75, 3.05) is 0 Å². The lowest BCUT2D eigenvalue weighted by atomic mass is 9.64. The number of carboxylic acids is 1. The van der Waals surface area contributed by atoms with E-state index in [0.29, 0.717) is 12.2 Å². The quantitative estimate of drug-likeness (QED) is 0.204. The number of carbonyl (C=O) groups is 1. The lowest BCUT2D eigenvalue weighted by Gasteiger charge is -2.40. The second-order valence-corrected chi connectivity index (χ2v) is 14.6. The number of allylic oxidation sites excluding steroid dienone is 4. The van der Waals surface area contributed by atoms with Crippen LogP contribution in [0.25, 0.3) is 38.2 Å². The number of benzene rings is 6. The monoisotopic (exact) mass is 642 g/mol. The summed E-state index contributed by atoms with van der Waals surface area (Å²) in [7, 11) is 0. The summed E-state index contributed by atoms with van der Waals surface area (Å²) < 4.78 is 6.47. The standard InChI is InChI=1S/C35H34O.C11H8O2/c1-34(2)20-19-27-26(21-34)22-35(3,4)33-29(27)16-15-28-30(33)17-18-31(32(28)25-13-9-6-10-14-25)36-23-24-11-7-5-8-12-24;12-11(13)10-6-5-8-3-1-2-4-9(8)7-10/h5-20H,21-23H2,1-4H3;1-7H,(H,12,13). The highest BCUT2D eigenvalue weighted by Gasteiger charge is 2.37. The van der Waals surface area contributed by atoms with Gasteiger partial charge >= 0.3 is 5.97 Å². The first-order valence-corrected chi connectivity index (χ1v) is 17.1. The van der Waals surface area contributed by atoms with E-state index >= 15 is 0 Å². The molecule has 49 heavy (non-hydrogen) atoms. The molecule has 1 N–H and O–H groups in total. The van der Waals surface area contributed by atoms with Crippen molar-refractivity contribution >= 4 is 33.1 Å². The van der Waals surface area contributed by atoms with E-state index in [4.69, 9.17) is 9.84 Å². The molecule has 0 radical (unpaired) electrons. The van der Waals surface area contributed by atoms with E-state index in [1.54, 1.807) is 17.7 Å². The first-order valence-electron chi connectivity index (χ1n) is 17.1. The molecule has 6 aromatic rings. The number of hydrogen-bond donors (Lipinski definition) is 1. The normalized spacial score (nSPS) is 15.6. The number of hydrogen-bond acceptors (Lipinski definition) is 2. The summed E-state index contributed by atoms with van der Waals surface area (Å²) in [5.74, 6) is 0.0519. The van der Waals surface area contributed by atoms with Crippen LogP contribution in [0.5, 0.6) is 5.75 Å². The van der Waals surface area contributed by atoms with Gasteiger partial charge in [0.15, 0.2) is 0 Å². The zero-order valence-electron chi connectivity index (χ0n) is 28.7. The van der Waals surface area contributed by atoms with Gasteiger partial charge in [-0.15, -0.1) is 0 Å². The van der Waals surface area contributed by atoms with Crippen LogP contribution in [0.15, 0.2) is 145 Å². The first kappa shape index (κ1) is 32.2. The van der Waals surface area contributed by atoms with Gasteiger partial charge in [0, 0.05) is 5.56 Å². The van der Waals surface area contributed by atoms with Gasteiger partial charge in [0.1, 0.15) is 12.4 Å². The molecule has 244 valence electrons. The molecule has 0 aliphatic heterocycles. The smallest absolute Gasteiger partial charge is 0.335 e. The highest BCUT2D eigenvalue weighted by atomic mass is 16.5. The van der Waals surface area contributed by atoms with Crippen molar-refractivity contribution in [3.63, 3.8) is 0 Å². The predicted octanol–water partition coefficient (Wildman–Crippen LogP) is 12.0. The molecule has 0 atom stereocenters. The maximum atomic E-state index is 10.6. The molecule has 0 saturated carbocycles. The molecule has 8 rings (SSSR count). The molecule has 0 aromatic heterocycles. The molecule has 0 spiro atoms. The molecule has 2 aliphatic rings. The van der Waals surface area contributed by atoms with E-state index in [1.165, 1.54) is 44.2 Å². The van der Waals surface area contributed by atoms with Gasteiger partial charge in [0.2, 0.25) is 0 Å². The maximum absolute atomic E-state index is 10.6. The van der Waals surface area contributed by atoms with Crippen LogP contribution in [0.2, 0.25) is 0 Å².